The van der Waals surface area contributed by atoms with Gasteiger partial charge in [-0.3, -0.25) is 4.79 Å². The van der Waals surface area contributed by atoms with E-state index in [1.54, 1.807) is 5.57 Å². The molecule has 0 aromatic carbocycles. The van der Waals surface area contributed by atoms with Crippen LogP contribution < -0.4 is 0 Å². The largest absolute Gasteiger partial charge is 0.462 e. The molecule has 8 unspecified atom stereocenters. The van der Waals surface area contributed by atoms with Gasteiger partial charge in [0.25, 0.3) is 0 Å². The van der Waals surface area contributed by atoms with Crippen LogP contribution in [0.5, 0.6) is 0 Å². The molecule has 4 rings (SSSR count). The van der Waals surface area contributed by atoms with Crippen LogP contribution >= 0.6 is 0 Å². The lowest BCUT2D eigenvalue weighted by molar-refractivity contribution is -0.148. The van der Waals surface area contributed by atoms with Gasteiger partial charge in [-0.2, -0.15) is 0 Å². The first kappa shape index (κ1) is 20.2. The molecule has 0 spiro atoms. The zero-order chi connectivity index (χ0) is 20.1. The fourth-order valence-electron chi connectivity index (χ4n) is 8.25. The Hall–Kier alpha value is -1.12. The van der Waals surface area contributed by atoms with Crippen LogP contribution in [0.15, 0.2) is 11.6 Å². The lowest BCUT2D eigenvalue weighted by atomic mass is 9.47. The van der Waals surface area contributed by atoms with Crippen LogP contribution in [0.2, 0.25) is 0 Å². The molecule has 3 fully saturated rings. The van der Waals surface area contributed by atoms with E-state index in [0.717, 1.165) is 49.7 Å². The Morgan fingerprint density at radius 1 is 1.21 bits per heavy atom. The van der Waals surface area contributed by atoms with E-state index >= 15 is 0 Å². The number of esters is 1. The maximum atomic E-state index is 11.4. The third kappa shape index (κ3) is 3.08. The van der Waals surface area contributed by atoms with Crippen LogP contribution in [-0.2, 0) is 14.3 Å². The Kier molecular flexibility index (Phi) is 5.25. The predicted octanol–water partition coefficient (Wildman–Crippen LogP) is 5.72. The minimum atomic E-state index is -0.141. The van der Waals surface area contributed by atoms with Crippen molar-refractivity contribution in [3.8, 4) is 0 Å². The van der Waals surface area contributed by atoms with Gasteiger partial charge in [0.2, 0.25) is 0 Å². The third-order valence-corrected chi connectivity index (χ3v) is 9.62. The molecule has 0 heterocycles. The summed E-state index contributed by atoms with van der Waals surface area (Å²) >= 11 is 0. The summed E-state index contributed by atoms with van der Waals surface area (Å²) in [6.45, 7) is 8.88. The molecule has 4 aliphatic rings. The molecule has 0 saturated heterocycles. The SMILES string of the molecule is CC(=O)OC1CCC2(C)C(=CCC3C2CCC2(C)C(C(C)CC=O)CCC32)C1. The highest BCUT2D eigenvalue weighted by Crippen LogP contribution is 2.67. The lowest BCUT2D eigenvalue weighted by Gasteiger charge is -2.58. The van der Waals surface area contributed by atoms with Crippen LogP contribution in [0.25, 0.3) is 0 Å². The highest BCUT2D eigenvalue weighted by Gasteiger charge is 2.59. The first-order valence-electron chi connectivity index (χ1n) is 11.6. The number of rotatable bonds is 4. The summed E-state index contributed by atoms with van der Waals surface area (Å²) in [7, 11) is 0. The highest BCUT2D eigenvalue weighted by atomic mass is 16.5. The van der Waals surface area contributed by atoms with Gasteiger partial charge in [-0.25, -0.2) is 0 Å². The number of hydrogen-bond donors (Lipinski definition) is 0. The van der Waals surface area contributed by atoms with Gasteiger partial charge in [-0.05, 0) is 85.4 Å². The Morgan fingerprint density at radius 2 is 2.00 bits per heavy atom. The van der Waals surface area contributed by atoms with Crippen molar-refractivity contribution in [1.29, 1.82) is 0 Å². The molecule has 0 N–H and O–H groups in total. The standard InChI is InChI=1S/C25H38O3/c1-16(11-14-26)21-7-8-22-20-6-5-18-15-19(28-17(2)27)9-12-24(18,3)23(20)10-13-25(21,22)4/h5,14,16,19-23H,6-13,15H2,1-4H3. The second kappa shape index (κ2) is 7.29. The molecule has 156 valence electrons. The van der Waals surface area contributed by atoms with Crippen LogP contribution in [-0.4, -0.2) is 18.4 Å². The van der Waals surface area contributed by atoms with Crippen LogP contribution in [0.3, 0.4) is 0 Å². The number of allylic oxidation sites excluding steroid dienone is 1. The Labute approximate surface area is 170 Å². The van der Waals surface area contributed by atoms with Crippen molar-refractivity contribution < 1.29 is 14.3 Å². The third-order valence-electron chi connectivity index (χ3n) is 9.62. The molecule has 0 amide bonds. The van der Waals surface area contributed by atoms with E-state index in [1.165, 1.54) is 39.0 Å². The summed E-state index contributed by atoms with van der Waals surface area (Å²) in [6.07, 6.45) is 14.1. The molecule has 3 nitrogen and oxygen atoms in total. The van der Waals surface area contributed by atoms with Gasteiger partial charge >= 0.3 is 5.97 Å². The van der Waals surface area contributed by atoms with Crippen molar-refractivity contribution in [2.24, 2.45) is 40.4 Å². The summed E-state index contributed by atoms with van der Waals surface area (Å²) in [5.41, 5.74) is 2.28. The van der Waals surface area contributed by atoms with E-state index in [-0.39, 0.29) is 12.1 Å². The van der Waals surface area contributed by atoms with Crippen molar-refractivity contribution in [3.63, 3.8) is 0 Å². The molecular formula is C25H38O3. The highest BCUT2D eigenvalue weighted by molar-refractivity contribution is 5.66. The molecule has 0 aromatic heterocycles. The van der Waals surface area contributed by atoms with Crippen LogP contribution in [0.4, 0.5) is 0 Å². The average Bonchev–Trinajstić information content (AvgIpc) is 2.99. The molecule has 3 heteroatoms. The number of carbonyl (C=O) groups excluding carboxylic acids is 2. The fourth-order valence-corrected chi connectivity index (χ4v) is 8.25. The normalized spacial score (nSPS) is 45.9. The molecular weight excluding hydrogens is 348 g/mol. The molecule has 0 aliphatic heterocycles. The van der Waals surface area contributed by atoms with E-state index in [4.69, 9.17) is 4.74 Å². The number of carbonyl (C=O) groups is 2. The van der Waals surface area contributed by atoms with Crippen LogP contribution in [0, 0.1) is 40.4 Å². The first-order valence-corrected chi connectivity index (χ1v) is 11.6. The van der Waals surface area contributed by atoms with Gasteiger partial charge < -0.3 is 9.53 Å². The minimum Gasteiger partial charge on any atom is -0.462 e. The van der Waals surface area contributed by atoms with Crippen molar-refractivity contribution >= 4 is 12.3 Å². The van der Waals surface area contributed by atoms with E-state index in [2.05, 4.69) is 26.8 Å². The van der Waals surface area contributed by atoms with Gasteiger partial charge in [0.15, 0.2) is 0 Å². The Bertz CT molecular complexity index is 667. The second-order valence-corrected chi connectivity index (χ2v) is 10.8. The summed E-state index contributed by atoms with van der Waals surface area (Å²) in [6, 6.07) is 0. The number of ether oxygens (including phenoxy) is 1. The molecule has 28 heavy (non-hydrogen) atoms. The van der Waals surface area contributed by atoms with Crippen molar-refractivity contribution in [2.75, 3.05) is 0 Å². The van der Waals surface area contributed by atoms with E-state index in [9.17, 15) is 9.59 Å². The minimum absolute atomic E-state index is 0.0854. The van der Waals surface area contributed by atoms with Gasteiger partial charge in [0.05, 0.1) is 0 Å². The average molecular weight is 387 g/mol. The quantitative estimate of drug-likeness (QED) is 0.352. The summed E-state index contributed by atoms with van der Waals surface area (Å²) in [5, 5.41) is 0. The molecule has 0 radical (unpaired) electrons. The van der Waals surface area contributed by atoms with Gasteiger partial charge in [-0.15, -0.1) is 0 Å². The fraction of sp³-hybridized carbons (Fsp3) is 0.840. The molecule has 3 saturated carbocycles. The van der Waals surface area contributed by atoms with Crippen LogP contribution in [0.1, 0.15) is 85.5 Å². The van der Waals surface area contributed by atoms with Crippen molar-refractivity contribution in [2.45, 2.75) is 91.6 Å². The zero-order valence-electron chi connectivity index (χ0n) is 18.2. The smallest absolute Gasteiger partial charge is 0.302 e. The molecule has 4 aliphatic carbocycles. The zero-order valence-corrected chi connectivity index (χ0v) is 18.2. The topological polar surface area (TPSA) is 43.4 Å². The van der Waals surface area contributed by atoms with Crippen molar-refractivity contribution in [1.82, 2.24) is 0 Å². The monoisotopic (exact) mass is 386 g/mol. The maximum Gasteiger partial charge on any atom is 0.302 e. The van der Waals surface area contributed by atoms with Crippen molar-refractivity contribution in [3.05, 3.63) is 11.6 Å². The van der Waals surface area contributed by atoms with E-state index < -0.39 is 0 Å². The second-order valence-electron chi connectivity index (χ2n) is 10.8. The summed E-state index contributed by atoms with van der Waals surface area (Å²) in [4.78, 5) is 22.5. The summed E-state index contributed by atoms with van der Waals surface area (Å²) in [5.74, 6) is 3.48. The molecule has 8 atom stereocenters. The molecule has 0 bridgehead atoms. The number of fused-ring (bicyclic) bond motifs is 5. The number of hydrogen-bond acceptors (Lipinski definition) is 3. The number of aldehydes is 1. The Morgan fingerprint density at radius 3 is 2.71 bits per heavy atom. The van der Waals surface area contributed by atoms with Gasteiger partial charge in [0.1, 0.15) is 12.4 Å². The van der Waals surface area contributed by atoms with Gasteiger partial charge in [-0.1, -0.05) is 32.4 Å². The maximum absolute atomic E-state index is 11.4. The first-order chi connectivity index (χ1) is 13.3. The Balaban J connectivity index is 1.55. The predicted molar refractivity (Wildman–Crippen MR) is 111 cm³/mol. The van der Waals surface area contributed by atoms with E-state index in [0.29, 0.717) is 22.7 Å². The van der Waals surface area contributed by atoms with E-state index in [1.807, 2.05) is 0 Å². The van der Waals surface area contributed by atoms with Gasteiger partial charge in [0, 0.05) is 19.8 Å². The molecule has 0 aromatic rings. The lowest BCUT2D eigenvalue weighted by Crippen LogP contribution is -2.51. The summed E-state index contributed by atoms with van der Waals surface area (Å²) < 4.78 is 5.56.